The van der Waals surface area contributed by atoms with E-state index in [9.17, 15) is 5.11 Å². The summed E-state index contributed by atoms with van der Waals surface area (Å²) in [6.07, 6.45) is 5.72. The summed E-state index contributed by atoms with van der Waals surface area (Å²) in [6.45, 7) is 0.896. The fraction of sp³-hybridized carbons (Fsp3) is 1.00. The van der Waals surface area contributed by atoms with Gasteiger partial charge in [-0.05, 0) is 12.8 Å². The molecule has 0 radical (unpaired) electrons. The van der Waals surface area contributed by atoms with Crippen molar-refractivity contribution in [2.75, 3.05) is 27.7 Å². The van der Waals surface area contributed by atoms with Crippen LogP contribution in [0.5, 0.6) is 0 Å². The summed E-state index contributed by atoms with van der Waals surface area (Å²) in [5.41, 5.74) is -0.365. The van der Waals surface area contributed by atoms with Crippen LogP contribution in [0.2, 0.25) is 0 Å². The van der Waals surface area contributed by atoms with Crippen molar-refractivity contribution in [3.63, 3.8) is 0 Å². The van der Waals surface area contributed by atoms with Crippen molar-refractivity contribution in [2.24, 2.45) is 0 Å². The van der Waals surface area contributed by atoms with Gasteiger partial charge in [0.2, 0.25) is 0 Å². The highest BCUT2D eigenvalue weighted by Gasteiger charge is 2.34. The minimum Gasteiger partial charge on any atom is -0.384 e. The van der Waals surface area contributed by atoms with Gasteiger partial charge in [0.1, 0.15) is 12.1 Å². The maximum absolute atomic E-state index is 10.2. The summed E-state index contributed by atoms with van der Waals surface area (Å²) in [5.74, 6) is 0. The van der Waals surface area contributed by atoms with E-state index in [-0.39, 0.29) is 5.60 Å². The fourth-order valence-corrected chi connectivity index (χ4v) is 2.25. The largest absolute Gasteiger partial charge is 0.384 e. The first-order chi connectivity index (χ1) is 5.41. The lowest BCUT2D eigenvalue weighted by molar-refractivity contribution is -0.877. The number of likely N-dealkylation sites (N-methyl/N-ethyl adjacent to an activating group) is 1. The van der Waals surface area contributed by atoms with Gasteiger partial charge in [-0.1, -0.05) is 19.3 Å². The van der Waals surface area contributed by atoms with Crippen LogP contribution in [0, 0.1) is 0 Å². The summed E-state index contributed by atoms with van der Waals surface area (Å²) in [4.78, 5) is 0. The molecule has 0 aromatic carbocycles. The minimum atomic E-state index is -0.365. The Labute approximate surface area is 75.8 Å². The van der Waals surface area contributed by atoms with E-state index in [0.29, 0.717) is 0 Å². The first kappa shape index (κ1) is 10.0. The number of quaternary nitrogens is 1. The zero-order valence-corrected chi connectivity index (χ0v) is 8.64. The van der Waals surface area contributed by atoms with E-state index in [1.165, 1.54) is 19.3 Å². The van der Waals surface area contributed by atoms with Crippen molar-refractivity contribution < 1.29 is 9.59 Å². The average Bonchev–Trinajstić information content (AvgIpc) is 1.83. The third-order valence-electron chi connectivity index (χ3n) is 2.55. The number of hydrogen-bond donors (Lipinski definition) is 1. The molecule has 0 spiro atoms. The van der Waals surface area contributed by atoms with Crippen molar-refractivity contribution in [3.05, 3.63) is 0 Å². The van der Waals surface area contributed by atoms with Crippen LogP contribution in [0.25, 0.3) is 0 Å². The molecule has 0 bridgehead atoms. The highest BCUT2D eigenvalue weighted by atomic mass is 16.3. The molecule has 72 valence electrons. The second-order valence-electron chi connectivity index (χ2n) is 5.23. The van der Waals surface area contributed by atoms with Crippen LogP contribution in [0.4, 0.5) is 0 Å². The Balaban J connectivity index is 2.47. The number of aliphatic hydroxyl groups is 1. The van der Waals surface area contributed by atoms with Gasteiger partial charge in [0.25, 0.3) is 0 Å². The van der Waals surface area contributed by atoms with E-state index in [1.54, 1.807) is 0 Å². The van der Waals surface area contributed by atoms with Gasteiger partial charge >= 0.3 is 0 Å². The Hall–Kier alpha value is -0.0800. The van der Waals surface area contributed by atoms with E-state index < -0.39 is 0 Å². The molecule has 1 rings (SSSR count). The van der Waals surface area contributed by atoms with Gasteiger partial charge in [-0.25, -0.2) is 0 Å². The third kappa shape index (κ3) is 3.11. The van der Waals surface area contributed by atoms with Crippen LogP contribution in [-0.4, -0.2) is 42.9 Å². The van der Waals surface area contributed by atoms with Gasteiger partial charge in [-0.2, -0.15) is 0 Å². The normalized spacial score (nSPS) is 24.0. The second kappa shape index (κ2) is 3.35. The third-order valence-corrected chi connectivity index (χ3v) is 2.55. The summed E-state index contributed by atoms with van der Waals surface area (Å²) in [6, 6.07) is 0. The summed E-state index contributed by atoms with van der Waals surface area (Å²) >= 11 is 0. The molecule has 1 aliphatic rings. The monoisotopic (exact) mass is 172 g/mol. The van der Waals surface area contributed by atoms with E-state index >= 15 is 0 Å². The Morgan fingerprint density at radius 2 is 1.58 bits per heavy atom. The Kier molecular flexibility index (Phi) is 2.79. The number of nitrogens with zero attached hydrogens (tertiary/aromatic N) is 1. The van der Waals surface area contributed by atoms with Gasteiger partial charge in [-0.15, -0.1) is 0 Å². The van der Waals surface area contributed by atoms with E-state index in [1.807, 2.05) is 0 Å². The summed E-state index contributed by atoms with van der Waals surface area (Å²) in [5, 5.41) is 10.2. The Bertz CT molecular complexity index is 142. The predicted octanol–water partition coefficient (Wildman–Crippen LogP) is 1.39. The molecule has 0 aromatic heterocycles. The lowest BCUT2D eigenvalue weighted by Crippen LogP contribution is -2.50. The van der Waals surface area contributed by atoms with Crippen molar-refractivity contribution >= 4 is 0 Å². The van der Waals surface area contributed by atoms with Gasteiger partial charge in [0.15, 0.2) is 0 Å². The minimum absolute atomic E-state index is 0.365. The van der Waals surface area contributed by atoms with E-state index in [4.69, 9.17) is 0 Å². The molecule has 2 heteroatoms. The molecule has 0 saturated heterocycles. The lowest BCUT2D eigenvalue weighted by Gasteiger charge is -2.37. The molecule has 12 heavy (non-hydrogen) atoms. The maximum Gasteiger partial charge on any atom is 0.113 e. The first-order valence-corrected chi connectivity index (χ1v) is 4.94. The second-order valence-corrected chi connectivity index (χ2v) is 5.23. The molecule has 0 aromatic rings. The van der Waals surface area contributed by atoms with Crippen LogP contribution in [0.1, 0.15) is 32.1 Å². The van der Waals surface area contributed by atoms with Crippen molar-refractivity contribution in [1.82, 2.24) is 0 Å². The number of hydrogen-bond acceptors (Lipinski definition) is 1. The fourth-order valence-electron chi connectivity index (χ4n) is 2.25. The highest BCUT2D eigenvalue weighted by Crippen LogP contribution is 2.29. The molecule has 1 aliphatic carbocycles. The van der Waals surface area contributed by atoms with Gasteiger partial charge in [-0.3, -0.25) is 0 Å². The quantitative estimate of drug-likeness (QED) is 0.624. The SMILES string of the molecule is C[N+](C)(C)CC1(O)CCCCC1. The molecule has 0 aliphatic heterocycles. The smallest absolute Gasteiger partial charge is 0.113 e. The zero-order valence-electron chi connectivity index (χ0n) is 8.64. The maximum atomic E-state index is 10.2. The average molecular weight is 172 g/mol. The number of rotatable bonds is 2. The predicted molar refractivity (Wildman–Crippen MR) is 50.9 cm³/mol. The Morgan fingerprint density at radius 3 is 2.00 bits per heavy atom. The van der Waals surface area contributed by atoms with Crippen molar-refractivity contribution in [2.45, 2.75) is 37.7 Å². The molecule has 0 amide bonds. The van der Waals surface area contributed by atoms with Crippen LogP contribution in [0.3, 0.4) is 0 Å². The van der Waals surface area contributed by atoms with Crippen LogP contribution in [0.15, 0.2) is 0 Å². The van der Waals surface area contributed by atoms with Gasteiger partial charge in [0.05, 0.1) is 21.1 Å². The van der Waals surface area contributed by atoms with Crippen molar-refractivity contribution in [3.8, 4) is 0 Å². The molecular weight excluding hydrogens is 150 g/mol. The lowest BCUT2D eigenvalue weighted by atomic mass is 9.84. The molecule has 2 nitrogen and oxygen atoms in total. The first-order valence-electron chi connectivity index (χ1n) is 4.94. The van der Waals surface area contributed by atoms with E-state index in [0.717, 1.165) is 23.9 Å². The molecule has 0 atom stereocenters. The van der Waals surface area contributed by atoms with Crippen LogP contribution < -0.4 is 0 Å². The van der Waals surface area contributed by atoms with Gasteiger partial charge < -0.3 is 9.59 Å². The molecule has 0 heterocycles. The van der Waals surface area contributed by atoms with Crippen LogP contribution >= 0.6 is 0 Å². The molecule has 1 saturated carbocycles. The standard InChI is InChI=1S/C10H22NO/c1-11(2,3)9-10(12)7-5-4-6-8-10/h12H,4-9H2,1-3H3/q+1. The van der Waals surface area contributed by atoms with Crippen LogP contribution in [-0.2, 0) is 0 Å². The molecule has 0 unspecified atom stereocenters. The topological polar surface area (TPSA) is 20.2 Å². The molecule has 1 N–H and O–H groups in total. The summed E-state index contributed by atoms with van der Waals surface area (Å²) < 4.78 is 0.872. The summed E-state index contributed by atoms with van der Waals surface area (Å²) in [7, 11) is 6.44. The zero-order chi connectivity index (χ0) is 9.24. The Morgan fingerprint density at radius 1 is 1.08 bits per heavy atom. The molecule has 1 fully saturated rings. The highest BCUT2D eigenvalue weighted by molar-refractivity contribution is 4.81. The van der Waals surface area contributed by atoms with Crippen molar-refractivity contribution in [1.29, 1.82) is 0 Å². The van der Waals surface area contributed by atoms with Gasteiger partial charge in [0, 0.05) is 0 Å². The van der Waals surface area contributed by atoms with E-state index in [2.05, 4.69) is 21.1 Å². The molecular formula is C10H22NO+.